The Kier molecular flexibility index (Phi) is 4.64. The van der Waals surface area contributed by atoms with E-state index >= 15 is 0 Å². The van der Waals surface area contributed by atoms with Gasteiger partial charge >= 0.3 is 0 Å². The van der Waals surface area contributed by atoms with E-state index in [1.54, 1.807) is 13.2 Å². The highest BCUT2D eigenvalue weighted by Gasteiger charge is 2.12. The number of methoxy groups -OCH3 is 1. The number of nitrogens with one attached hydrogen (secondary N) is 1. The summed E-state index contributed by atoms with van der Waals surface area (Å²) in [5.74, 6) is 2.45. The van der Waals surface area contributed by atoms with Crippen LogP contribution >= 0.6 is 11.6 Å². The molecule has 0 spiro atoms. The Hall–Kier alpha value is -3.49. The van der Waals surface area contributed by atoms with Crippen molar-refractivity contribution in [1.82, 2.24) is 9.97 Å². The molecule has 0 aliphatic rings. The zero-order chi connectivity index (χ0) is 19.7. The molecule has 4 rings (SSSR count). The fraction of sp³-hybridized carbons (Fsp3) is 0.0909. The zero-order valence-corrected chi connectivity index (χ0v) is 16.0. The number of nitriles is 1. The molecule has 0 aliphatic heterocycles. The minimum absolute atomic E-state index is 0.374. The highest BCUT2D eigenvalue weighted by molar-refractivity contribution is 6.30. The number of allylic oxidation sites excluding steroid dienone is 1. The van der Waals surface area contributed by atoms with Crippen molar-refractivity contribution in [3.05, 3.63) is 70.7 Å². The van der Waals surface area contributed by atoms with E-state index in [1.165, 1.54) is 0 Å². The van der Waals surface area contributed by atoms with Gasteiger partial charge in [0.25, 0.3) is 0 Å². The number of ether oxygens (including phenoxy) is 1. The summed E-state index contributed by atoms with van der Waals surface area (Å²) in [5.41, 5.74) is 3.90. The summed E-state index contributed by atoms with van der Waals surface area (Å²) >= 11 is 6.10. The lowest BCUT2D eigenvalue weighted by atomic mass is 10.1. The first kappa shape index (κ1) is 17.9. The standard InChI is InChI=1S/C22H16ClN3O2/c1-13-3-4-15(23)10-18(13)21-8-6-17(28-21)9-14(12-24)22-25-19-7-5-16(27-2)11-20(19)26-22/h3-11H,1-2H3,(H,25,26)/b14-9-. The summed E-state index contributed by atoms with van der Waals surface area (Å²) < 4.78 is 11.1. The highest BCUT2D eigenvalue weighted by Crippen LogP contribution is 2.30. The van der Waals surface area contributed by atoms with Crippen LogP contribution in [0.3, 0.4) is 0 Å². The fourth-order valence-electron chi connectivity index (χ4n) is 2.97. The number of fused-ring (bicyclic) bond motifs is 1. The maximum absolute atomic E-state index is 9.61. The topological polar surface area (TPSA) is 74.8 Å². The van der Waals surface area contributed by atoms with Crippen LogP contribution in [-0.2, 0) is 0 Å². The third-order valence-corrected chi connectivity index (χ3v) is 4.68. The van der Waals surface area contributed by atoms with Crippen molar-refractivity contribution < 1.29 is 9.15 Å². The molecule has 2 aromatic heterocycles. The van der Waals surface area contributed by atoms with Gasteiger partial charge in [-0.25, -0.2) is 4.98 Å². The van der Waals surface area contributed by atoms with Gasteiger partial charge in [0.1, 0.15) is 29.2 Å². The zero-order valence-electron chi connectivity index (χ0n) is 15.3. The molecule has 5 nitrogen and oxygen atoms in total. The number of aromatic amines is 1. The molecule has 6 heteroatoms. The van der Waals surface area contributed by atoms with E-state index < -0.39 is 0 Å². The van der Waals surface area contributed by atoms with Gasteiger partial charge in [0.05, 0.1) is 23.7 Å². The largest absolute Gasteiger partial charge is 0.497 e. The molecule has 0 bridgehead atoms. The van der Waals surface area contributed by atoms with Gasteiger partial charge in [0.15, 0.2) is 0 Å². The fourth-order valence-corrected chi connectivity index (χ4v) is 3.15. The van der Waals surface area contributed by atoms with Gasteiger partial charge in [-0.3, -0.25) is 0 Å². The SMILES string of the molecule is COc1ccc2nc(/C(C#N)=C\c3ccc(-c4cc(Cl)ccc4C)o3)[nH]c2c1. The van der Waals surface area contributed by atoms with Gasteiger partial charge < -0.3 is 14.1 Å². The maximum Gasteiger partial charge on any atom is 0.149 e. The van der Waals surface area contributed by atoms with Crippen molar-refractivity contribution in [2.45, 2.75) is 6.92 Å². The van der Waals surface area contributed by atoms with E-state index in [0.717, 1.165) is 27.9 Å². The smallest absolute Gasteiger partial charge is 0.149 e. The third kappa shape index (κ3) is 3.38. The Morgan fingerprint density at radius 2 is 2.07 bits per heavy atom. The number of rotatable bonds is 4. The molecule has 0 saturated heterocycles. The first-order valence-electron chi connectivity index (χ1n) is 8.59. The number of furan rings is 1. The van der Waals surface area contributed by atoms with E-state index in [9.17, 15) is 5.26 Å². The van der Waals surface area contributed by atoms with Crippen molar-refractivity contribution in [1.29, 1.82) is 5.26 Å². The minimum atomic E-state index is 0.374. The number of hydrogen-bond donors (Lipinski definition) is 1. The summed E-state index contributed by atoms with van der Waals surface area (Å²) in [6, 6.07) is 17.0. The van der Waals surface area contributed by atoms with Crippen LogP contribution in [0, 0.1) is 18.3 Å². The summed E-state index contributed by atoms with van der Waals surface area (Å²) in [6.45, 7) is 1.99. The second kappa shape index (κ2) is 7.26. The summed E-state index contributed by atoms with van der Waals surface area (Å²) in [6.07, 6.45) is 1.67. The van der Waals surface area contributed by atoms with Gasteiger partial charge in [-0.05, 0) is 48.9 Å². The molecule has 28 heavy (non-hydrogen) atoms. The van der Waals surface area contributed by atoms with Crippen molar-refractivity contribution >= 4 is 34.3 Å². The monoisotopic (exact) mass is 389 g/mol. The second-order valence-corrected chi connectivity index (χ2v) is 6.74. The summed E-state index contributed by atoms with van der Waals surface area (Å²) in [7, 11) is 1.61. The Bertz CT molecular complexity index is 1240. The first-order valence-corrected chi connectivity index (χ1v) is 8.97. The number of aryl methyl sites for hydroxylation is 1. The Morgan fingerprint density at radius 3 is 2.86 bits per heavy atom. The molecule has 2 aromatic carbocycles. The van der Waals surface area contributed by atoms with Gasteiger partial charge in [-0.2, -0.15) is 5.26 Å². The van der Waals surface area contributed by atoms with Crippen molar-refractivity contribution in [3.8, 4) is 23.1 Å². The number of benzene rings is 2. The molecule has 0 fully saturated rings. The van der Waals surface area contributed by atoms with Crippen LogP contribution in [0.15, 0.2) is 52.9 Å². The first-order chi connectivity index (χ1) is 13.6. The number of nitrogens with zero attached hydrogens (tertiary/aromatic N) is 2. The molecule has 2 heterocycles. The highest BCUT2D eigenvalue weighted by atomic mass is 35.5. The summed E-state index contributed by atoms with van der Waals surface area (Å²) in [4.78, 5) is 7.64. The van der Waals surface area contributed by atoms with Crippen molar-refractivity contribution in [2.75, 3.05) is 7.11 Å². The Morgan fingerprint density at radius 1 is 1.21 bits per heavy atom. The minimum Gasteiger partial charge on any atom is -0.497 e. The van der Waals surface area contributed by atoms with Gasteiger partial charge in [0, 0.05) is 22.7 Å². The molecule has 0 aliphatic carbocycles. The normalized spacial score (nSPS) is 11.6. The molecular weight excluding hydrogens is 374 g/mol. The van der Waals surface area contributed by atoms with Crippen LogP contribution in [0.25, 0.3) is 34.0 Å². The van der Waals surface area contributed by atoms with Crippen molar-refractivity contribution in [3.63, 3.8) is 0 Å². The summed E-state index contributed by atoms with van der Waals surface area (Å²) in [5, 5.41) is 10.3. The van der Waals surface area contributed by atoms with Gasteiger partial charge in [-0.15, -0.1) is 0 Å². The van der Waals surface area contributed by atoms with E-state index in [2.05, 4.69) is 16.0 Å². The lowest BCUT2D eigenvalue weighted by Gasteiger charge is -2.02. The molecule has 138 valence electrons. The molecular formula is C22H16ClN3O2. The van der Waals surface area contributed by atoms with Gasteiger partial charge in [-0.1, -0.05) is 17.7 Å². The second-order valence-electron chi connectivity index (χ2n) is 6.30. The third-order valence-electron chi connectivity index (χ3n) is 4.44. The van der Waals surface area contributed by atoms with E-state index in [1.807, 2.05) is 55.5 Å². The van der Waals surface area contributed by atoms with Crippen LogP contribution in [0.2, 0.25) is 5.02 Å². The van der Waals surface area contributed by atoms with Crippen LogP contribution in [0.5, 0.6) is 5.75 Å². The van der Waals surface area contributed by atoms with E-state index in [-0.39, 0.29) is 0 Å². The Labute approximate surface area is 166 Å². The molecule has 0 atom stereocenters. The van der Waals surface area contributed by atoms with Crippen LogP contribution in [0.4, 0.5) is 0 Å². The predicted molar refractivity (Wildman–Crippen MR) is 110 cm³/mol. The van der Waals surface area contributed by atoms with Crippen LogP contribution in [-0.4, -0.2) is 17.1 Å². The number of imidazole rings is 1. The number of halogens is 1. The molecule has 0 unspecified atom stereocenters. The lowest BCUT2D eigenvalue weighted by molar-refractivity contribution is 0.415. The average molecular weight is 390 g/mol. The molecule has 0 saturated carbocycles. The number of hydrogen-bond acceptors (Lipinski definition) is 4. The molecule has 1 N–H and O–H groups in total. The molecule has 0 amide bonds. The number of aromatic nitrogens is 2. The average Bonchev–Trinajstić information content (AvgIpc) is 3.33. The Balaban J connectivity index is 1.70. The quantitative estimate of drug-likeness (QED) is 0.444. The van der Waals surface area contributed by atoms with E-state index in [4.69, 9.17) is 20.8 Å². The molecule has 4 aromatic rings. The van der Waals surface area contributed by atoms with Gasteiger partial charge in [0.2, 0.25) is 0 Å². The van der Waals surface area contributed by atoms with Crippen LogP contribution < -0.4 is 4.74 Å². The maximum atomic E-state index is 9.61. The van der Waals surface area contributed by atoms with E-state index in [0.29, 0.717) is 27.9 Å². The number of H-pyrrole nitrogens is 1. The predicted octanol–water partition coefficient (Wildman–Crippen LogP) is 5.86. The van der Waals surface area contributed by atoms with Crippen LogP contribution in [0.1, 0.15) is 17.1 Å². The lowest BCUT2D eigenvalue weighted by Crippen LogP contribution is -1.84. The van der Waals surface area contributed by atoms with Crippen molar-refractivity contribution in [2.24, 2.45) is 0 Å². The molecule has 0 radical (unpaired) electrons.